The monoisotopic (exact) mass is 217 g/mol. The van der Waals surface area contributed by atoms with Crippen LogP contribution in [0.4, 0.5) is 0 Å². The maximum Gasteiger partial charge on any atom is 0.241 e. The van der Waals surface area contributed by atoms with E-state index in [1.54, 1.807) is 18.2 Å². The zero-order valence-electron chi connectivity index (χ0n) is 7.44. The summed E-state index contributed by atoms with van der Waals surface area (Å²) in [5.74, 6) is 0. The fourth-order valence-corrected chi connectivity index (χ4v) is 2.82. The smallest absolute Gasteiger partial charge is 0.214 e. The molecule has 1 N–H and O–H groups in total. The van der Waals surface area contributed by atoms with Crippen LogP contribution in [0.1, 0.15) is 0 Å². The largest absolute Gasteiger partial charge is 0.241 e. The van der Waals surface area contributed by atoms with Gasteiger partial charge < -0.3 is 0 Å². The van der Waals surface area contributed by atoms with Crippen LogP contribution in [0.5, 0.6) is 0 Å². The average Bonchev–Trinajstić information content (AvgIpc) is 2.18. The summed E-state index contributed by atoms with van der Waals surface area (Å²) in [5.41, 5.74) is 0. The molecule has 1 aromatic carbocycles. The van der Waals surface area contributed by atoms with Crippen LogP contribution < -0.4 is 4.72 Å². The van der Waals surface area contributed by atoms with Crippen LogP contribution in [0, 0.1) is 0 Å². The van der Waals surface area contributed by atoms with Crippen molar-refractivity contribution in [3.8, 4) is 0 Å². The standard InChI is InChI=1S/C8H11NO2S2/c1-9-13(10,11)8-6-4-3-5-7(8)12-2/h3-6,9H,1-2H3. The number of rotatable bonds is 3. The Bertz CT molecular complexity index is 387. The summed E-state index contributed by atoms with van der Waals surface area (Å²) in [6.45, 7) is 0. The molecule has 0 saturated carbocycles. The first-order chi connectivity index (χ1) is 6.11. The Morgan fingerprint density at radius 3 is 2.46 bits per heavy atom. The Balaban J connectivity index is 3.29. The van der Waals surface area contributed by atoms with E-state index in [1.165, 1.54) is 18.8 Å². The molecule has 0 amide bonds. The van der Waals surface area contributed by atoms with Crippen molar-refractivity contribution < 1.29 is 8.42 Å². The van der Waals surface area contributed by atoms with E-state index in [2.05, 4.69) is 4.72 Å². The summed E-state index contributed by atoms with van der Waals surface area (Å²) >= 11 is 1.42. The SMILES string of the molecule is CNS(=O)(=O)c1ccccc1SC. The second-order valence-electron chi connectivity index (χ2n) is 2.36. The molecule has 0 aliphatic carbocycles. The van der Waals surface area contributed by atoms with Crippen LogP contribution in [-0.2, 0) is 10.0 Å². The number of sulfonamides is 1. The first-order valence-electron chi connectivity index (χ1n) is 3.68. The molecule has 0 aliphatic rings. The normalized spacial score (nSPS) is 11.5. The van der Waals surface area contributed by atoms with Crippen molar-refractivity contribution >= 4 is 21.8 Å². The summed E-state index contributed by atoms with van der Waals surface area (Å²) in [4.78, 5) is 1.10. The van der Waals surface area contributed by atoms with Gasteiger partial charge in [0.1, 0.15) is 0 Å². The van der Waals surface area contributed by atoms with Crippen molar-refractivity contribution in [3.05, 3.63) is 24.3 Å². The molecule has 0 bridgehead atoms. The van der Waals surface area contributed by atoms with Gasteiger partial charge in [-0.3, -0.25) is 0 Å². The lowest BCUT2D eigenvalue weighted by molar-refractivity contribution is 0.586. The maximum atomic E-state index is 11.5. The zero-order valence-corrected chi connectivity index (χ0v) is 9.08. The van der Waals surface area contributed by atoms with Crippen molar-refractivity contribution in [1.29, 1.82) is 0 Å². The minimum atomic E-state index is -3.31. The van der Waals surface area contributed by atoms with E-state index in [4.69, 9.17) is 0 Å². The molecular formula is C8H11NO2S2. The molecule has 0 heterocycles. The summed E-state index contributed by atoms with van der Waals surface area (Å²) < 4.78 is 25.2. The summed E-state index contributed by atoms with van der Waals surface area (Å²) in [7, 11) is -1.90. The van der Waals surface area contributed by atoms with E-state index in [-0.39, 0.29) is 0 Å². The lowest BCUT2D eigenvalue weighted by atomic mass is 10.4. The van der Waals surface area contributed by atoms with Crippen molar-refractivity contribution in [2.24, 2.45) is 0 Å². The van der Waals surface area contributed by atoms with Crippen molar-refractivity contribution in [2.75, 3.05) is 13.3 Å². The van der Waals surface area contributed by atoms with Gasteiger partial charge in [0.25, 0.3) is 0 Å². The highest BCUT2D eigenvalue weighted by molar-refractivity contribution is 7.99. The van der Waals surface area contributed by atoms with Gasteiger partial charge >= 0.3 is 0 Å². The number of hydrogen-bond donors (Lipinski definition) is 1. The minimum absolute atomic E-state index is 0.338. The Morgan fingerprint density at radius 1 is 1.31 bits per heavy atom. The van der Waals surface area contributed by atoms with E-state index < -0.39 is 10.0 Å². The minimum Gasteiger partial charge on any atom is -0.214 e. The number of nitrogens with one attached hydrogen (secondary N) is 1. The van der Waals surface area contributed by atoms with Gasteiger partial charge in [0, 0.05) is 4.90 Å². The second kappa shape index (κ2) is 4.13. The number of thioether (sulfide) groups is 1. The van der Waals surface area contributed by atoms with E-state index in [1.807, 2.05) is 12.3 Å². The first-order valence-corrected chi connectivity index (χ1v) is 6.39. The molecule has 0 aliphatic heterocycles. The first kappa shape index (κ1) is 10.6. The van der Waals surface area contributed by atoms with Gasteiger partial charge in [-0.2, -0.15) is 0 Å². The molecule has 0 atom stereocenters. The van der Waals surface area contributed by atoms with Crippen LogP contribution in [0.15, 0.2) is 34.1 Å². The van der Waals surface area contributed by atoms with Gasteiger partial charge in [-0.15, -0.1) is 11.8 Å². The highest BCUT2D eigenvalue weighted by atomic mass is 32.2. The number of benzene rings is 1. The van der Waals surface area contributed by atoms with Gasteiger partial charge in [0.05, 0.1) is 4.90 Å². The lowest BCUT2D eigenvalue weighted by Gasteiger charge is -2.06. The van der Waals surface area contributed by atoms with Crippen LogP contribution in [0.2, 0.25) is 0 Å². The molecule has 1 rings (SSSR count). The fraction of sp³-hybridized carbons (Fsp3) is 0.250. The molecule has 0 radical (unpaired) electrons. The van der Waals surface area contributed by atoms with Crippen molar-refractivity contribution in [1.82, 2.24) is 4.72 Å². The molecule has 0 spiro atoms. The third kappa shape index (κ3) is 2.24. The topological polar surface area (TPSA) is 46.2 Å². The second-order valence-corrected chi connectivity index (χ2v) is 5.06. The van der Waals surface area contributed by atoms with Crippen LogP contribution in [-0.4, -0.2) is 21.7 Å². The molecule has 0 saturated heterocycles. The number of hydrogen-bond acceptors (Lipinski definition) is 3. The van der Waals surface area contributed by atoms with Crippen LogP contribution in [0.25, 0.3) is 0 Å². The maximum absolute atomic E-state index is 11.5. The van der Waals surface area contributed by atoms with Gasteiger partial charge in [0.15, 0.2) is 0 Å². The molecule has 0 fully saturated rings. The van der Waals surface area contributed by atoms with E-state index in [9.17, 15) is 8.42 Å². The highest BCUT2D eigenvalue weighted by Crippen LogP contribution is 2.23. The Morgan fingerprint density at radius 2 is 1.92 bits per heavy atom. The highest BCUT2D eigenvalue weighted by Gasteiger charge is 2.14. The summed E-state index contributed by atoms with van der Waals surface area (Å²) in [6.07, 6.45) is 1.85. The van der Waals surface area contributed by atoms with Gasteiger partial charge in [-0.05, 0) is 25.4 Å². The fourth-order valence-electron chi connectivity index (χ4n) is 0.951. The molecule has 3 nitrogen and oxygen atoms in total. The van der Waals surface area contributed by atoms with Gasteiger partial charge in [0.2, 0.25) is 10.0 Å². The van der Waals surface area contributed by atoms with Gasteiger partial charge in [-0.1, -0.05) is 12.1 Å². The quantitative estimate of drug-likeness (QED) is 0.777. The molecule has 13 heavy (non-hydrogen) atoms. The molecule has 0 unspecified atom stereocenters. The third-order valence-electron chi connectivity index (χ3n) is 1.63. The third-order valence-corrected chi connectivity index (χ3v) is 4.02. The lowest BCUT2D eigenvalue weighted by Crippen LogP contribution is -2.19. The summed E-state index contributed by atoms with van der Waals surface area (Å²) in [5, 5.41) is 0. The van der Waals surface area contributed by atoms with E-state index in [0.29, 0.717) is 4.90 Å². The van der Waals surface area contributed by atoms with E-state index in [0.717, 1.165) is 4.90 Å². The predicted molar refractivity (Wildman–Crippen MR) is 54.5 cm³/mol. The van der Waals surface area contributed by atoms with Crippen LogP contribution in [0.3, 0.4) is 0 Å². The molecule has 72 valence electrons. The molecule has 0 aromatic heterocycles. The molecule has 1 aromatic rings. The average molecular weight is 217 g/mol. The molecular weight excluding hydrogens is 206 g/mol. The zero-order chi connectivity index (χ0) is 9.90. The summed E-state index contributed by atoms with van der Waals surface area (Å²) in [6, 6.07) is 6.91. The van der Waals surface area contributed by atoms with Crippen molar-refractivity contribution in [2.45, 2.75) is 9.79 Å². The Hall–Kier alpha value is -0.520. The van der Waals surface area contributed by atoms with E-state index >= 15 is 0 Å². The predicted octanol–water partition coefficient (Wildman–Crippen LogP) is 1.32. The van der Waals surface area contributed by atoms with Crippen molar-refractivity contribution in [3.63, 3.8) is 0 Å². The molecule has 5 heteroatoms. The Kier molecular flexibility index (Phi) is 3.35. The van der Waals surface area contributed by atoms with Crippen LogP contribution >= 0.6 is 11.8 Å². The Labute approximate surface area is 82.6 Å². The van der Waals surface area contributed by atoms with Gasteiger partial charge in [-0.25, -0.2) is 13.1 Å².